The Balaban J connectivity index is 2.06. The van der Waals surface area contributed by atoms with Gasteiger partial charge in [0.25, 0.3) is 0 Å². The van der Waals surface area contributed by atoms with Crippen molar-refractivity contribution in [1.29, 1.82) is 0 Å². The molecule has 0 aromatic heterocycles. The van der Waals surface area contributed by atoms with E-state index in [4.69, 9.17) is 15.2 Å². The first-order valence-electron chi connectivity index (χ1n) is 6.58. The van der Waals surface area contributed by atoms with Gasteiger partial charge in [-0.05, 0) is 34.8 Å². The summed E-state index contributed by atoms with van der Waals surface area (Å²) in [5.74, 6) is 1.66. The normalized spacial score (nSPS) is 21.7. The Morgan fingerprint density at radius 1 is 1.00 bits per heavy atom. The second-order valence-electron chi connectivity index (χ2n) is 5.17. The summed E-state index contributed by atoms with van der Waals surface area (Å²) in [6.07, 6.45) is 5.74. The van der Waals surface area contributed by atoms with Gasteiger partial charge in [-0.15, -0.1) is 0 Å². The minimum Gasteiger partial charge on any atom is -0.486 e. The van der Waals surface area contributed by atoms with Gasteiger partial charge >= 0.3 is 0 Å². The Kier molecular flexibility index (Phi) is 3.24. The lowest BCUT2D eigenvalue weighted by atomic mass is 9.77. The zero-order chi connectivity index (χ0) is 12.6. The summed E-state index contributed by atoms with van der Waals surface area (Å²) < 4.78 is 12.5. The zero-order valence-corrected chi connectivity index (χ0v) is 12.0. The van der Waals surface area contributed by atoms with E-state index in [0.717, 1.165) is 34.4 Å². The van der Waals surface area contributed by atoms with E-state index >= 15 is 0 Å². The highest BCUT2D eigenvalue weighted by Crippen LogP contribution is 2.47. The molecular formula is C14H18BrNO2. The van der Waals surface area contributed by atoms with Crippen LogP contribution < -0.4 is 15.2 Å². The lowest BCUT2D eigenvalue weighted by Gasteiger charge is -2.36. The molecule has 0 spiro atoms. The maximum atomic E-state index is 6.60. The molecule has 18 heavy (non-hydrogen) atoms. The molecule has 2 aliphatic rings. The van der Waals surface area contributed by atoms with Gasteiger partial charge in [-0.2, -0.15) is 0 Å². The van der Waals surface area contributed by atoms with Crippen LogP contribution in [0, 0.1) is 0 Å². The average molecular weight is 312 g/mol. The molecule has 98 valence electrons. The molecule has 1 saturated carbocycles. The molecule has 1 heterocycles. The summed E-state index contributed by atoms with van der Waals surface area (Å²) >= 11 is 3.51. The van der Waals surface area contributed by atoms with Gasteiger partial charge in [0.05, 0.1) is 4.47 Å². The minimum atomic E-state index is -0.246. The van der Waals surface area contributed by atoms with Crippen molar-refractivity contribution < 1.29 is 9.47 Å². The van der Waals surface area contributed by atoms with E-state index in [0.29, 0.717) is 13.2 Å². The summed E-state index contributed by atoms with van der Waals surface area (Å²) in [6, 6.07) is 4.11. The van der Waals surface area contributed by atoms with Gasteiger partial charge in [-0.1, -0.05) is 25.3 Å². The van der Waals surface area contributed by atoms with E-state index in [1.165, 1.54) is 19.3 Å². The van der Waals surface area contributed by atoms with Crippen molar-refractivity contribution in [2.75, 3.05) is 13.2 Å². The topological polar surface area (TPSA) is 44.5 Å². The quantitative estimate of drug-likeness (QED) is 0.865. The Hall–Kier alpha value is -0.740. The maximum absolute atomic E-state index is 6.60. The van der Waals surface area contributed by atoms with Crippen LogP contribution in [0.3, 0.4) is 0 Å². The van der Waals surface area contributed by atoms with Crippen molar-refractivity contribution in [1.82, 2.24) is 0 Å². The number of ether oxygens (including phenoxy) is 2. The molecule has 0 radical (unpaired) electrons. The lowest BCUT2D eigenvalue weighted by Crippen LogP contribution is -2.39. The highest BCUT2D eigenvalue weighted by atomic mass is 79.9. The third-order valence-corrected chi connectivity index (χ3v) is 4.55. The molecule has 0 atom stereocenters. The largest absolute Gasteiger partial charge is 0.486 e. The van der Waals surface area contributed by atoms with E-state index in [1.807, 2.05) is 6.07 Å². The molecule has 1 fully saturated rings. The summed E-state index contributed by atoms with van der Waals surface area (Å²) in [4.78, 5) is 0. The number of halogens is 1. The Morgan fingerprint density at radius 2 is 1.67 bits per heavy atom. The van der Waals surface area contributed by atoms with Crippen LogP contribution in [-0.4, -0.2) is 13.2 Å². The smallest absolute Gasteiger partial charge is 0.175 e. The van der Waals surface area contributed by atoms with Crippen LogP contribution in [0.2, 0.25) is 0 Å². The van der Waals surface area contributed by atoms with Gasteiger partial charge in [-0.3, -0.25) is 0 Å². The molecule has 2 N–H and O–H groups in total. The fourth-order valence-electron chi connectivity index (χ4n) is 2.95. The van der Waals surface area contributed by atoms with Gasteiger partial charge in [0.2, 0.25) is 0 Å². The molecule has 1 aliphatic heterocycles. The third-order valence-electron chi connectivity index (χ3n) is 3.92. The highest BCUT2D eigenvalue weighted by Gasteiger charge is 2.34. The first-order valence-corrected chi connectivity index (χ1v) is 7.37. The van der Waals surface area contributed by atoms with Crippen molar-refractivity contribution in [2.24, 2.45) is 5.73 Å². The predicted octanol–water partition coefficient (Wildman–Crippen LogP) is 3.34. The van der Waals surface area contributed by atoms with Crippen LogP contribution in [0.25, 0.3) is 0 Å². The molecule has 4 heteroatoms. The van der Waals surface area contributed by atoms with E-state index in [1.54, 1.807) is 0 Å². The third kappa shape index (κ3) is 2.01. The predicted molar refractivity (Wildman–Crippen MR) is 74.1 cm³/mol. The molecule has 0 saturated heterocycles. The average Bonchev–Trinajstić information content (AvgIpc) is 2.40. The molecular weight excluding hydrogens is 294 g/mol. The van der Waals surface area contributed by atoms with Crippen molar-refractivity contribution >= 4 is 15.9 Å². The number of hydrogen-bond acceptors (Lipinski definition) is 3. The summed E-state index contributed by atoms with van der Waals surface area (Å²) in [7, 11) is 0. The van der Waals surface area contributed by atoms with Gasteiger partial charge in [0, 0.05) is 11.1 Å². The summed E-state index contributed by atoms with van der Waals surface area (Å²) in [5, 5.41) is 0. The lowest BCUT2D eigenvalue weighted by molar-refractivity contribution is 0.163. The monoisotopic (exact) mass is 311 g/mol. The Labute approximate surface area is 116 Å². The molecule has 1 aliphatic carbocycles. The SMILES string of the molecule is NC1(c2ccc(Br)c3c2OCCO3)CCCCC1. The first kappa shape index (κ1) is 12.3. The molecule has 1 aromatic carbocycles. The number of fused-ring (bicyclic) bond motifs is 1. The van der Waals surface area contributed by atoms with E-state index in [2.05, 4.69) is 22.0 Å². The van der Waals surface area contributed by atoms with E-state index in [9.17, 15) is 0 Å². The minimum absolute atomic E-state index is 0.246. The van der Waals surface area contributed by atoms with E-state index in [-0.39, 0.29) is 5.54 Å². The van der Waals surface area contributed by atoms with Gasteiger partial charge < -0.3 is 15.2 Å². The van der Waals surface area contributed by atoms with Gasteiger partial charge in [-0.25, -0.2) is 0 Å². The maximum Gasteiger partial charge on any atom is 0.175 e. The van der Waals surface area contributed by atoms with Crippen LogP contribution in [0.4, 0.5) is 0 Å². The Morgan fingerprint density at radius 3 is 2.39 bits per heavy atom. The molecule has 0 amide bonds. The fraction of sp³-hybridized carbons (Fsp3) is 0.571. The fourth-order valence-corrected chi connectivity index (χ4v) is 3.37. The van der Waals surface area contributed by atoms with Crippen LogP contribution in [0.5, 0.6) is 11.5 Å². The van der Waals surface area contributed by atoms with Crippen LogP contribution in [-0.2, 0) is 5.54 Å². The van der Waals surface area contributed by atoms with Crippen LogP contribution in [0.15, 0.2) is 16.6 Å². The number of benzene rings is 1. The van der Waals surface area contributed by atoms with Crippen LogP contribution in [0.1, 0.15) is 37.7 Å². The zero-order valence-electron chi connectivity index (χ0n) is 10.4. The molecule has 0 unspecified atom stereocenters. The van der Waals surface area contributed by atoms with Crippen LogP contribution >= 0.6 is 15.9 Å². The first-order chi connectivity index (χ1) is 8.71. The van der Waals surface area contributed by atoms with Crippen molar-refractivity contribution in [2.45, 2.75) is 37.6 Å². The molecule has 1 aromatic rings. The van der Waals surface area contributed by atoms with Crippen molar-refractivity contribution in [3.8, 4) is 11.5 Å². The van der Waals surface area contributed by atoms with Crippen molar-refractivity contribution in [3.05, 3.63) is 22.2 Å². The van der Waals surface area contributed by atoms with E-state index < -0.39 is 0 Å². The van der Waals surface area contributed by atoms with Gasteiger partial charge in [0.15, 0.2) is 11.5 Å². The van der Waals surface area contributed by atoms with Gasteiger partial charge in [0.1, 0.15) is 13.2 Å². The molecule has 3 nitrogen and oxygen atoms in total. The summed E-state index contributed by atoms with van der Waals surface area (Å²) in [5.41, 5.74) is 7.47. The number of rotatable bonds is 1. The molecule has 3 rings (SSSR count). The van der Waals surface area contributed by atoms with Crippen molar-refractivity contribution in [3.63, 3.8) is 0 Å². The highest BCUT2D eigenvalue weighted by molar-refractivity contribution is 9.10. The number of nitrogens with two attached hydrogens (primary N) is 1. The summed E-state index contributed by atoms with van der Waals surface area (Å²) in [6.45, 7) is 1.21. The number of hydrogen-bond donors (Lipinski definition) is 1. The second kappa shape index (κ2) is 4.74. The standard InChI is InChI=1S/C14H18BrNO2/c15-11-5-4-10(12-13(11)18-9-8-17-12)14(16)6-2-1-3-7-14/h4-5H,1-3,6-9,16H2. The Bertz CT molecular complexity index is 455. The molecule has 0 bridgehead atoms. The second-order valence-corrected chi connectivity index (χ2v) is 6.02.